The Hall–Kier alpha value is -2.24. The van der Waals surface area contributed by atoms with E-state index in [2.05, 4.69) is 5.32 Å². The highest BCUT2D eigenvalue weighted by Crippen LogP contribution is 2.16. The van der Waals surface area contributed by atoms with Crippen LogP contribution in [0, 0.1) is 0 Å². The number of amides is 1. The average molecular weight is 281 g/mol. The number of carboxylic acid groups (broad SMARTS) is 1. The van der Waals surface area contributed by atoms with Gasteiger partial charge in [0.2, 0.25) is 5.91 Å². The highest BCUT2D eigenvalue weighted by molar-refractivity contribution is 5.76. The molecular weight excluding hydrogens is 262 g/mol. The minimum atomic E-state index is -0.859. The largest absolute Gasteiger partial charge is 0.497 e. The van der Waals surface area contributed by atoms with Crippen LogP contribution in [0.5, 0.6) is 11.5 Å². The molecule has 0 heterocycles. The Morgan fingerprint density at radius 2 is 1.80 bits per heavy atom. The van der Waals surface area contributed by atoms with Gasteiger partial charge in [-0.1, -0.05) is 0 Å². The zero-order valence-electron chi connectivity index (χ0n) is 11.4. The van der Waals surface area contributed by atoms with E-state index in [1.54, 1.807) is 31.4 Å². The second-order valence-corrected chi connectivity index (χ2v) is 4.12. The lowest BCUT2D eigenvalue weighted by molar-refractivity contribution is -0.137. The van der Waals surface area contributed by atoms with Gasteiger partial charge in [-0.25, -0.2) is 0 Å². The molecule has 0 aromatic heterocycles. The number of rotatable bonds is 9. The summed E-state index contributed by atoms with van der Waals surface area (Å²) in [6.07, 6.45) is 0.724. The van der Waals surface area contributed by atoms with Crippen molar-refractivity contribution in [2.45, 2.75) is 19.3 Å². The monoisotopic (exact) mass is 281 g/mol. The molecule has 1 amide bonds. The number of aliphatic carboxylic acids is 1. The van der Waals surface area contributed by atoms with Gasteiger partial charge >= 0.3 is 5.97 Å². The number of carbonyl (C=O) groups is 2. The smallest absolute Gasteiger partial charge is 0.303 e. The molecule has 0 bridgehead atoms. The van der Waals surface area contributed by atoms with Gasteiger partial charge < -0.3 is 19.9 Å². The fourth-order valence-corrected chi connectivity index (χ4v) is 1.49. The first-order valence-electron chi connectivity index (χ1n) is 6.37. The van der Waals surface area contributed by atoms with E-state index in [-0.39, 0.29) is 25.4 Å². The van der Waals surface area contributed by atoms with Gasteiger partial charge in [0.25, 0.3) is 0 Å². The summed E-state index contributed by atoms with van der Waals surface area (Å²) in [7, 11) is 1.59. The Kier molecular flexibility index (Phi) is 6.95. The van der Waals surface area contributed by atoms with Crippen LogP contribution in [0.15, 0.2) is 24.3 Å². The summed E-state index contributed by atoms with van der Waals surface area (Å²) in [5.41, 5.74) is 0. The maximum Gasteiger partial charge on any atom is 0.303 e. The molecule has 0 saturated carbocycles. The van der Waals surface area contributed by atoms with Crippen LogP contribution < -0.4 is 14.8 Å². The lowest BCUT2D eigenvalue weighted by Crippen LogP contribution is -2.26. The third-order valence-electron chi connectivity index (χ3n) is 2.55. The van der Waals surface area contributed by atoms with Crippen LogP contribution in [0.25, 0.3) is 0 Å². The third-order valence-corrected chi connectivity index (χ3v) is 2.55. The number of benzene rings is 1. The number of carboxylic acids is 1. The second-order valence-electron chi connectivity index (χ2n) is 4.12. The molecule has 1 aromatic rings. The van der Waals surface area contributed by atoms with Crippen molar-refractivity contribution in [2.24, 2.45) is 0 Å². The zero-order chi connectivity index (χ0) is 14.8. The second kappa shape index (κ2) is 8.79. The first-order valence-corrected chi connectivity index (χ1v) is 6.37. The van der Waals surface area contributed by atoms with Crippen molar-refractivity contribution < 1.29 is 24.2 Å². The Balaban J connectivity index is 2.13. The molecule has 1 rings (SSSR count). The van der Waals surface area contributed by atoms with E-state index in [0.717, 1.165) is 5.75 Å². The van der Waals surface area contributed by atoms with E-state index >= 15 is 0 Å². The van der Waals surface area contributed by atoms with Gasteiger partial charge in [-0.15, -0.1) is 0 Å². The molecule has 0 saturated heterocycles. The number of nitrogens with one attached hydrogen (secondary N) is 1. The first kappa shape index (κ1) is 15.8. The Labute approximate surface area is 117 Å². The molecule has 6 nitrogen and oxygen atoms in total. The minimum Gasteiger partial charge on any atom is -0.497 e. The molecule has 0 aliphatic carbocycles. The predicted molar refractivity (Wildman–Crippen MR) is 73.0 cm³/mol. The Morgan fingerprint density at radius 1 is 1.15 bits per heavy atom. The number of hydrogen-bond donors (Lipinski definition) is 2. The molecule has 0 unspecified atom stereocenters. The number of ether oxygens (including phenoxy) is 2. The molecular formula is C14H19NO5. The molecule has 0 radical (unpaired) electrons. The molecule has 0 atom stereocenters. The number of methoxy groups -OCH3 is 1. The Morgan fingerprint density at radius 3 is 2.40 bits per heavy atom. The fraction of sp³-hybridized carbons (Fsp3) is 0.429. The van der Waals surface area contributed by atoms with Crippen molar-refractivity contribution in [1.29, 1.82) is 0 Å². The van der Waals surface area contributed by atoms with Gasteiger partial charge in [0.05, 0.1) is 20.1 Å². The quantitative estimate of drug-likeness (QED) is 0.669. The first-order chi connectivity index (χ1) is 9.61. The maximum atomic E-state index is 11.4. The molecule has 1 aromatic carbocycles. The standard InChI is InChI=1S/C14H19NO5/c1-19-11-4-6-12(7-5-11)20-10-8-13(16)15-9-2-3-14(17)18/h4-7H,2-3,8-10H2,1H3,(H,15,16)(H,17,18). The van der Waals surface area contributed by atoms with Crippen LogP contribution >= 0.6 is 0 Å². The lowest BCUT2D eigenvalue weighted by Gasteiger charge is -2.07. The summed E-state index contributed by atoms with van der Waals surface area (Å²) < 4.78 is 10.4. The molecule has 0 fully saturated rings. The third kappa shape index (κ3) is 6.63. The van der Waals surface area contributed by atoms with E-state index in [9.17, 15) is 9.59 Å². The molecule has 0 aliphatic rings. The zero-order valence-corrected chi connectivity index (χ0v) is 11.4. The summed E-state index contributed by atoms with van der Waals surface area (Å²) >= 11 is 0. The van der Waals surface area contributed by atoms with Crippen molar-refractivity contribution in [3.05, 3.63) is 24.3 Å². The fourth-order valence-electron chi connectivity index (χ4n) is 1.49. The van der Waals surface area contributed by atoms with Gasteiger partial charge in [-0.05, 0) is 30.7 Å². The summed E-state index contributed by atoms with van der Waals surface area (Å²) in [6, 6.07) is 7.09. The van der Waals surface area contributed by atoms with Gasteiger partial charge in [-0.3, -0.25) is 9.59 Å². The highest BCUT2D eigenvalue weighted by Gasteiger charge is 2.03. The van der Waals surface area contributed by atoms with Gasteiger partial charge in [0.15, 0.2) is 0 Å². The number of hydrogen-bond acceptors (Lipinski definition) is 4. The average Bonchev–Trinajstić information content (AvgIpc) is 2.44. The van der Waals surface area contributed by atoms with E-state index in [1.807, 2.05) is 0 Å². The van der Waals surface area contributed by atoms with Crippen molar-refractivity contribution in [1.82, 2.24) is 5.32 Å². The molecule has 2 N–H and O–H groups in total. The molecule has 6 heteroatoms. The van der Waals surface area contributed by atoms with Crippen LogP contribution in [-0.2, 0) is 9.59 Å². The molecule has 20 heavy (non-hydrogen) atoms. The summed E-state index contributed by atoms with van der Waals surface area (Å²) in [5, 5.41) is 11.1. The lowest BCUT2D eigenvalue weighted by atomic mass is 10.3. The van der Waals surface area contributed by atoms with Crippen LogP contribution in [-0.4, -0.2) is 37.2 Å². The van der Waals surface area contributed by atoms with Crippen LogP contribution in [0.2, 0.25) is 0 Å². The molecule has 0 spiro atoms. The summed E-state index contributed by atoms with van der Waals surface area (Å²) in [6.45, 7) is 0.644. The summed E-state index contributed by atoms with van der Waals surface area (Å²) in [4.78, 5) is 21.7. The highest BCUT2D eigenvalue weighted by atomic mass is 16.5. The van der Waals surface area contributed by atoms with E-state index in [1.165, 1.54) is 0 Å². The van der Waals surface area contributed by atoms with Gasteiger partial charge in [0.1, 0.15) is 11.5 Å². The van der Waals surface area contributed by atoms with Crippen LogP contribution in [0.4, 0.5) is 0 Å². The minimum absolute atomic E-state index is 0.0582. The van der Waals surface area contributed by atoms with E-state index in [0.29, 0.717) is 18.7 Å². The van der Waals surface area contributed by atoms with Crippen LogP contribution in [0.1, 0.15) is 19.3 Å². The van der Waals surface area contributed by atoms with Crippen LogP contribution in [0.3, 0.4) is 0 Å². The molecule has 0 aliphatic heterocycles. The van der Waals surface area contributed by atoms with E-state index in [4.69, 9.17) is 14.6 Å². The molecule has 110 valence electrons. The van der Waals surface area contributed by atoms with E-state index < -0.39 is 5.97 Å². The van der Waals surface area contributed by atoms with Crippen molar-refractivity contribution in [3.63, 3.8) is 0 Å². The topological polar surface area (TPSA) is 84.9 Å². The normalized spacial score (nSPS) is 9.85. The Bertz CT molecular complexity index is 430. The van der Waals surface area contributed by atoms with Gasteiger partial charge in [0, 0.05) is 13.0 Å². The predicted octanol–water partition coefficient (Wildman–Crippen LogP) is 1.45. The van der Waals surface area contributed by atoms with Crippen molar-refractivity contribution in [3.8, 4) is 11.5 Å². The number of carbonyl (C=O) groups excluding carboxylic acids is 1. The summed E-state index contributed by atoms with van der Waals surface area (Å²) in [5.74, 6) is 0.406. The maximum absolute atomic E-state index is 11.4. The van der Waals surface area contributed by atoms with Crippen molar-refractivity contribution >= 4 is 11.9 Å². The SMILES string of the molecule is COc1ccc(OCCC(=O)NCCCC(=O)O)cc1. The van der Waals surface area contributed by atoms with Crippen molar-refractivity contribution in [2.75, 3.05) is 20.3 Å². The van der Waals surface area contributed by atoms with Gasteiger partial charge in [-0.2, -0.15) is 0 Å².